The number of amides is 1. The lowest BCUT2D eigenvalue weighted by Gasteiger charge is -2.35. The van der Waals surface area contributed by atoms with E-state index in [-0.39, 0.29) is 22.6 Å². The summed E-state index contributed by atoms with van der Waals surface area (Å²) in [5.74, 6) is 2.08. The van der Waals surface area contributed by atoms with Crippen LogP contribution in [0.4, 0.5) is 0 Å². The number of furan rings is 1. The summed E-state index contributed by atoms with van der Waals surface area (Å²) in [6, 6.07) is 2.15. The van der Waals surface area contributed by atoms with Crippen molar-refractivity contribution in [3.05, 3.63) is 23.2 Å². The van der Waals surface area contributed by atoms with E-state index >= 15 is 0 Å². The van der Waals surface area contributed by atoms with Gasteiger partial charge in [0.25, 0.3) is 0 Å². The van der Waals surface area contributed by atoms with Gasteiger partial charge in [-0.25, -0.2) is 0 Å². The summed E-state index contributed by atoms with van der Waals surface area (Å²) in [5.41, 5.74) is 1.33. The van der Waals surface area contributed by atoms with Crippen molar-refractivity contribution in [3.8, 4) is 0 Å². The molecule has 0 unspecified atom stereocenters. The van der Waals surface area contributed by atoms with Gasteiger partial charge in [-0.2, -0.15) is 11.8 Å². The van der Waals surface area contributed by atoms with Crippen molar-refractivity contribution in [2.24, 2.45) is 5.41 Å². The molecular weight excluding hydrogens is 258 g/mol. The number of carbonyl (C=O) groups excluding carboxylic acids is 1. The lowest BCUT2D eigenvalue weighted by atomic mass is 9.74. The van der Waals surface area contributed by atoms with Gasteiger partial charge in [-0.3, -0.25) is 4.79 Å². The Kier molecular flexibility index (Phi) is 4.00. The second-order valence-corrected chi connectivity index (χ2v) is 7.40. The predicted molar refractivity (Wildman–Crippen MR) is 79.4 cm³/mol. The number of aryl methyl sites for hydroxylation is 1. The van der Waals surface area contributed by atoms with Crippen molar-refractivity contribution in [1.29, 1.82) is 0 Å². The average molecular weight is 281 g/mol. The normalized spacial score (nSPS) is 22.7. The summed E-state index contributed by atoms with van der Waals surface area (Å²) in [7, 11) is 0. The van der Waals surface area contributed by atoms with Crippen LogP contribution in [0.1, 0.15) is 50.3 Å². The molecule has 0 spiro atoms. The van der Waals surface area contributed by atoms with E-state index in [9.17, 15) is 4.79 Å². The maximum atomic E-state index is 12.1. The van der Waals surface area contributed by atoms with E-state index in [1.54, 1.807) is 11.8 Å². The first-order chi connectivity index (χ1) is 8.82. The Labute approximate surface area is 119 Å². The van der Waals surface area contributed by atoms with Gasteiger partial charge in [0, 0.05) is 12.0 Å². The van der Waals surface area contributed by atoms with Crippen LogP contribution in [-0.4, -0.2) is 17.4 Å². The first kappa shape index (κ1) is 14.5. The van der Waals surface area contributed by atoms with Crippen molar-refractivity contribution in [2.45, 2.75) is 51.8 Å². The van der Waals surface area contributed by atoms with Gasteiger partial charge >= 0.3 is 0 Å². The van der Waals surface area contributed by atoms with Gasteiger partial charge in [-0.1, -0.05) is 13.8 Å². The summed E-state index contributed by atoms with van der Waals surface area (Å²) < 4.78 is 5.78. The Bertz CT molecular complexity index is 478. The Morgan fingerprint density at radius 3 is 2.89 bits per heavy atom. The summed E-state index contributed by atoms with van der Waals surface area (Å²) in [5, 5.41) is 3.16. The van der Waals surface area contributed by atoms with Crippen LogP contribution < -0.4 is 5.32 Å². The smallest absolute Gasteiger partial charge is 0.233 e. The van der Waals surface area contributed by atoms with E-state index in [0.29, 0.717) is 0 Å². The first-order valence-corrected chi connectivity index (χ1v) is 8.03. The third-order valence-corrected chi connectivity index (χ3v) is 4.70. The zero-order valence-corrected chi connectivity index (χ0v) is 13.2. The second-order valence-electron chi connectivity index (χ2n) is 6.22. The fourth-order valence-corrected chi connectivity index (χ4v) is 2.99. The molecule has 1 amide bonds. The molecule has 1 heterocycles. The minimum Gasteiger partial charge on any atom is -0.466 e. The molecule has 1 aromatic heterocycles. The van der Waals surface area contributed by atoms with Gasteiger partial charge in [-0.15, -0.1) is 0 Å². The molecule has 0 bridgehead atoms. The SMILES string of the molecule is CS[C@H](C)C(=O)N[C@@H]1CC(C)(C)Cc2oc(C)cc21. The maximum Gasteiger partial charge on any atom is 0.233 e. The van der Waals surface area contributed by atoms with Crippen molar-refractivity contribution in [3.63, 3.8) is 0 Å². The fraction of sp³-hybridized carbons (Fsp3) is 0.667. The van der Waals surface area contributed by atoms with E-state index in [4.69, 9.17) is 4.42 Å². The molecule has 3 nitrogen and oxygen atoms in total. The van der Waals surface area contributed by atoms with Gasteiger partial charge in [0.15, 0.2) is 0 Å². The van der Waals surface area contributed by atoms with Gasteiger partial charge < -0.3 is 9.73 Å². The number of nitrogens with one attached hydrogen (secondary N) is 1. The molecule has 0 aliphatic heterocycles. The highest BCUT2D eigenvalue weighted by molar-refractivity contribution is 7.99. The molecule has 0 saturated heterocycles. The molecule has 1 aliphatic carbocycles. The van der Waals surface area contributed by atoms with Crippen LogP contribution in [0.3, 0.4) is 0 Å². The largest absolute Gasteiger partial charge is 0.466 e. The Hall–Kier alpha value is -0.900. The van der Waals surface area contributed by atoms with E-state index in [0.717, 1.165) is 24.4 Å². The van der Waals surface area contributed by atoms with Crippen molar-refractivity contribution in [1.82, 2.24) is 5.32 Å². The minimum atomic E-state index is -0.0125. The van der Waals surface area contributed by atoms with Gasteiger partial charge in [-0.05, 0) is 38.0 Å². The molecule has 0 radical (unpaired) electrons. The van der Waals surface area contributed by atoms with E-state index in [2.05, 4.69) is 25.2 Å². The average Bonchev–Trinajstić information content (AvgIpc) is 2.66. The Balaban J connectivity index is 2.22. The molecule has 2 atom stereocenters. The maximum absolute atomic E-state index is 12.1. The van der Waals surface area contributed by atoms with Crippen LogP contribution in [0.25, 0.3) is 0 Å². The minimum absolute atomic E-state index is 0.0125. The zero-order chi connectivity index (χ0) is 14.2. The number of carbonyl (C=O) groups is 1. The Morgan fingerprint density at radius 2 is 2.26 bits per heavy atom. The molecule has 2 rings (SSSR count). The predicted octanol–water partition coefficient (Wildman–Crippen LogP) is 3.47. The molecular formula is C15H23NO2S. The van der Waals surface area contributed by atoms with Crippen LogP contribution >= 0.6 is 11.8 Å². The van der Waals surface area contributed by atoms with E-state index in [1.807, 2.05) is 20.1 Å². The lowest BCUT2D eigenvalue weighted by molar-refractivity contribution is -0.121. The molecule has 4 heteroatoms. The van der Waals surface area contributed by atoms with E-state index in [1.165, 1.54) is 5.56 Å². The van der Waals surface area contributed by atoms with Crippen LogP contribution in [0.15, 0.2) is 10.5 Å². The highest BCUT2D eigenvalue weighted by Crippen LogP contribution is 2.42. The number of hydrogen-bond acceptors (Lipinski definition) is 3. The third kappa shape index (κ3) is 3.16. The summed E-state index contributed by atoms with van der Waals surface area (Å²) in [6.45, 7) is 8.36. The lowest BCUT2D eigenvalue weighted by Crippen LogP contribution is -2.39. The van der Waals surface area contributed by atoms with Crippen LogP contribution in [0.2, 0.25) is 0 Å². The highest BCUT2D eigenvalue weighted by Gasteiger charge is 2.35. The van der Waals surface area contributed by atoms with Crippen LogP contribution in [0, 0.1) is 12.3 Å². The molecule has 19 heavy (non-hydrogen) atoms. The van der Waals surface area contributed by atoms with Crippen LogP contribution in [-0.2, 0) is 11.2 Å². The molecule has 0 fully saturated rings. The van der Waals surface area contributed by atoms with Crippen molar-refractivity contribution >= 4 is 17.7 Å². The molecule has 0 aromatic carbocycles. The number of hydrogen-bond donors (Lipinski definition) is 1. The highest BCUT2D eigenvalue weighted by atomic mass is 32.2. The standard InChI is InChI=1S/C15H23NO2S/c1-9-6-11-12(16-14(17)10(2)19-5)7-15(3,4)8-13(11)18-9/h6,10,12H,7-8H2,1-5H3,(H,16,17)/t10-,12-/m1/s1. The first-order valence-electron chi connectivity index (χ1n) is 6.75. The number of fused-ring (bicyclic) bond motifs is 1. The fourth-order valence-electron chi connectivity index (χ4n) is 2.71. The molecule has 0 saturated carbocycles. The van der Waals surface area contributed by atoms with Crippen molar-refractivity contribution < 1.29 is 9.21 Å². The number of rotatable bonds is 3. The van der Waals surface area contributed by atoms with Crippen LogP contribution in [0.5, 0.6) is 0 Å². The summed E-state index contributed by atoms with van der Waals surface area (Å²) in [4.78, 5) is 12.1. The Morgan fingerprint density at radius 1 is 1.58 bits per heavy atom. The second kappa shape index (κ2) is 5.23. The number of thioether (sulfide) groups is 1. The summed E-state index contributed by atoms with van der Waals surface area (Å²) >= 11 is 1.57. The van der Waals surface area contributed by atoms with Crippen molar-refractivity contribution in [2.75, 3.05) is 6.26 Å². The molecule has 1 N–H and O–H groups in total. The monoisotopic (exact) mass is 281 g/mol. The van der Waals surface area contributed by atoms with Gasteiger partial charge in [0.2, 0.25) is 5.91 Å². The topological polar surface area (TPSA) is 42.2 Å². The third-order valence-electron chi connectivity index (χ3n) is 3.78. The van der Waals surface area contributed by atoms with Gasteiger partial charge in [0.05, 0.1) is 11.3 Å². The summed E-state index contributed by atoms with van der Waals surface area (Å²) in [6.07, 6.45) is 3.87. The molecule has 1 aliphatic rings. The quantitative estimate of drug-likeness (QED) is 0.922. The van der Waals surface area contributed by atoms with E-state index < -0.39 is 0 Å². The van der Waals surface area contributed by atoms with Gasteiger partial charge in [0.1, 0.15) is 11.5 Å². The molecule has 1 aromatic rings. The molecule has 106 valence electrons. The zero-order valence-electron chi connectivity index (χ0n) is 12.4.